The summed E-state index contributed by atoms with van der Waals surface area (Å²) in [5.41, 5.74) is 0.836. The van der Waals surface area contributed by atoms with Crippen LogP contribution in [0.1, 0.15) is 5.76 Å². The molecule has 2 rings (SSSR count). The van der Waals surface area contributed by atoms with E-state index in [0.717, 1.165) is 17.1 Å². The van der Waals surface area contributed by atoms with E-state index in [0.29, 0.717) is 12.5 Å². The lowest BCUT2D eigenvalue weighted by Crippen LogP contribution is -2.08. The standard InChI is InChI=1S/C11H13N3O2/c1-8-2-3-10(16-8)9-6-13-11(14-7-9)12-4-5-15/h2-3,6-7,15H,4-5H2,1H3,(H,12,13,14). The first-order chi connectivity index (χ1) is 7.79. The van der Waals surface area contributed by atoms with E-state index in [1.807, 2.05) is 19.1 Å². The molecule has 0 atom stereocenters. The maximum atomic E-state index is 8.63. The van der Waals surface area contributed by atoms with Crippen LogP contribution in [0.5, 0.6) is 0 Å². The second-order valence-electron chi connectivity index (χ2n) is 3.36. The molecule has 0 unspecified atom stereocenters. The number of nitrogens with one attached hydrogen (secondary N) is 1. The van der Waals surface area contributed by atoms with Gasteiger partial charge in [0.15, 0.2) is 0 Å². The van der Waals surface area contributed by atoms with Gasteiger partial charge in [0.05, 0.1) is 12.2 Å². The molecule has 0 aliphatic carbocycles. The van der Waals surface area contributed by atoms with Crippen molar-refractivity contribution in [3.63, 3.8) is 0 Å². The van der Waals surface area contributed by atoms with E-state index in [1.54, 1.807) is 12.4 Å². The molecule has 0 aliphatic rings. The van der Waals surface area contributed by atoms with Crippen LogP contribution in [0.25, 0.3) is 11.3 Å². The highest BCUT2D eigenvalue weighted by Gasteiger charge is 2.03. The van der Waals surface area contributed by atoms with E-state index in [1.165, 1.54) is 0 Å². The lowest BCUT2D eigenvalue weighted by molar-refractivity contribution is 0.311. The van der Waals surface area contributed by atoms with Crippen LogP contribution >= 0.6 is 0 Å². The highest BCUT2D eigenvalue weighted by molar-refractivity contribution is 5.55. The topological polar surface area (TPSA) is 71.2 Å². The second-order valence-corrected chi connectivity index (χ2v) is 3.36. The molecule has 0 radical (unpaired) electrons. The number of aliphatic hydroxyl groups is 1. The molecular weight excluding hydrogens is 206 g/mol. The van der Waals surface area contributed by atoms with Gasteiger partial charge in [0.2, 0.25) is 5.95 Å². The van der Waals surface area contributed by atoms with Gasteiger partial charge in [-0.15, -0.1) is 0 Å². The van der Waals surface area contributed by atoms with E-state index >= 15 is 0 Å². The summed E-state index contributed by atoms with van der Waals surface area (Å²) in [6.07, 6.45) is 3.37. The van der Waals surface area contributed by atoms with Gasteiger partial charge >= 0.3 is 0 Å². The highest BCUT2D eigenvalue weighted by Crippen LogP contribution is 2.20. The Kier molecular flexibility index (Phi) is 3.16. The third-order valence-electron chi connectivity index (χ3n) is 2.07. The molecule has 16 heavy (non-hydrogen) atoms. The van der Waals surface area contributed by atoms with Crippen LogP contribution in [0.15, 0.2) is 28.9 Å². The number of furan rings is 1. The molecule has 2 N–H and O–H groups in total. The zero-order valence-electron chi connectivity index (χ0n) is 8.97. The number of rotatable bonds is 4. The van der Waals surface area contributed by atoms with E-state index in [9.17, 15) is 0 Å². The van der Waals surface area contributed by atoms with Gasteiger partial charge < -0.3 is 14.8 Å². The van der Waals surface area contributed by atoms with Crippen molar-refractivity contribution in [3.05, 3.63) is 30.3 Å². The van der Waals surface area contributed by atoms with E-state index in [2.05, 4.69) is 15.3 Å². The van der Waals surface area contributed by atoms with Crippen LogP contribution in [0, 0.1) is 6.92 Å². The molecule has 5 nitrogen and oxygen atoms in total. The Labute approximate surface area is 93.2 Å². The predicted octanol–water partition coefficient (Wildman–Crippen LogP) is 1.45. The largest absolute Gasteiger partial charge is 0.461 e. The van der Waals surface area contributed by atoms with E-state index < -0.39 is 0 Å². The fourth-order valence-corrected chi connectivity index (χ4v) is 1.30. The molecule has 2 aromatic rings. The van der Waals surface area contributed by atoms with Gasteiger partial charge in [0.1, 0.15) is 11.5 Å². The van der Waals surface area contributed by atoms with Gasteiger partial charge in [-0.3, -0.25) is 0 Å². The van der Waals surface area contributed by atoms with Gasteiger partial charge in [0, 0.05) is 18.9 Å². The van der Waals surface area contributed by atoms with Crippen molar-refractivity contribution < 1.29 is 9.52 Å². The summed E-state index contributed by atoms with van der Waals surface area (Å²) in [4.78, 5) is 8.22. The fourth-order valence-electron chi connectivity index (χ4n) is 1.30. The molecule has 2 heterocycles. The number of nitrogens with zero attached hydrogens (tertiary/aromatic N) is 2. The van der Waals surface area contributed by atoms with Crippen LogP contribution in [0.3, 0.4) is 0 Å². The highest BCUT2D eigenvalue weighted by atomic mass is 16.3. The van der Waals surface area contributed by atoms with Crippen molar-refractivity contribution in [1.82, 2.24) is 9.97 Å². The molecule has 0 saturated carbocycles. The maximum Gasteiger partial charge on any atom is 0.222 e. The van der Waals surface area contributed by atoms with Crippen LogP contribution in [-0.2, 0) is 0 Å². The molecule has 0 aliphatic heterocycles. The van der Waals surface area contributed by atoms with Crippen LogP contribution < -0.4 is 5.32 Å². The molecule has 5 heteroatoms. The van der Waals surface area contributed by atoms with Crippen molar-refractivity contribution in [2.75, 3.05) is 18.5 Å². The number of aliphatic hydroxyl groups excluding tert-OH is 1. The Bertz CT molecular complexity index is 451. The first-order valence-electron chi connectivity index (χ1n) is 5.03. The van der Waals surface area contributed by atoms with Crippen LogP contribution in [-0.4, -0.2) is 28.2 Å². The summed E-state index contributed by atoms with van der Waals surface area (Å²) in [5, 5.41) is 11.5. The summed E-state index contributed by atoms with van der Waals surface area (Å²) < 4.78 is 5.45. The maximum absolute atomic E-state index is 8.63. The monoisotopic (exact) mass is 219 g/mol. The smallest absolute Gasteiger partial charge is 0.222 e. The normalized spacial score (nSPS) is 10.4. The summed E-state index contributed by atoms with van der Waals surface area (Å²) in [6.45, 7) is 2.39. The average molecular weight is 219 g/mol. The summed E-state index contributed by atoms with van der Waals surface area (Å²) in [6, 6.07) is 3.78. The molecule has 0 fully saturated rings. The molecule has 0 amide bonds. The molecular formula is C11H13N3O2. The molecule has 84 valence electrons. The lowest BCUT2D eigenvalue weighted by Gasteiger charge is -2.02. The molecule has 0 saturated heterocycles. The van der Waals surface area contributed by atoms with Crippen LogP contribution in [0.2, 0.25) is 0 Å². The molecule has 2 aromatic heterocycles. The number of anilines is 1. The van der Waals surface area contributed by atoms with Crippen molar-refractivity contribution in [2.45, 2.75) is 6.92 Å². The number of aromatic nitrogens is 2. The van der Waals surface area contributed by atoms with Gasteiger partial charge in [0.25, 0.3) is 0 Å². The molecule has 0 spiro atoms. The third-order valence-corrected chi connectivity index (χ3v) is 2.07. The van der Waals surface area contributed by atoms with Crippen molar-refractivity contribution in [3.8, 4) is 11.3 Å². The average Bonchev–Trinajstić information content (AvgIpc) is 2.74. The summed E-state index contributed by atoms with van der Waals surface area (Å²) in [7, 11) is 0. The van der Waals surface area contributed by atoms with Gasteiger partial charge in [-0.1, -0.05) is 0 Å². The van der Waals surface area contributed by atoms with Gasteiger partial charge in [-0.25, -0.2) is 9.97 Å². The van der Waals surface area contributed by atoms with Crippen molar-refractivity contribution in [2.24, 2.45) is 0 Å². The van der Waals surface area contributed by atoms with E-state index in [-0.39, 0.29) is 6.61 Å². The Morgan fingerprint density at radius 3 is 2.62 bits per heavy atom. The van der Waals surface area contributed by atoms with Crippen molar-refractivity contribution in [1.29, 1.82) is 0 Å². The fraction of sp³-hybridized carbons (Fsp3) is 0.273. The number of hydrogen-bond donors (Lipinski definition) is 2. The summed E-state index contributed by atoms with van der Waals surface area (Å²) >= 11 is 0. The minimum absolute atomic E-state index is 0.0580. The Morgan fingerprint density at radius 2 is 2.06 bits per heavy atom. The minimum atomic E-state index is 0.0580. The molecule has 0 aromatic carbocycles. The third kappa shape index (κ3) is 2.38. The zero-order valence-corrected chi connectivity index (χ0v) is 8.97. The Balaban J connectivity index is 2.13. The number of hydrogen-bond acceptors (Lipinski definition) is 5. The summed E-state index contributed by atoms with van der Waals surface area (Å²) in [5.74, 6) is 2.12. The first kappa shape index (κ1) is 10.6. The van der Waals surface area contributed by atoms with Crippen LogP contribution in [0.4, 0.5) is 5.95 Å². The Morgan fingerprint density at radius 1 is 1.31 bits per heavy atom. The second kappa shape index (κ2) is 4.76. The SMILES string of the molecule is Cc1ccc(-c2cnc(NCCO)nc2)o1. The lowest BCUT2D eigenvalue weighted by atomic mass is 10.3. The quantitative estimate of drug-likeness (QED) is 0.814. The minimum Gasteiger partial charge on any atom is -0.461 e. The van der Waals surface area contributed by atoms with Gasteiger partial charge in [-0.2, -0.15) is 0 Å². The predicted molar refractivity (Wildman–Crippen MR) is 60.0 cm³/mol. The van der Waals surface area contributed by atoms with E-state index in [4.69, 9.17) is 9.52 Å². The first-order valence-corrected chi connectivity index (χ1v) is 5.03. The van der Waals surface area contributed by atoms with Gasteiger partial charge in [-0.05, 0) is 19.1 Å². The van der Waals surface area contributed by atoms with Crippen molar-refractivity contribution >= 4 is 5.95 Å². The molecule has 0 bridgehead atoms. The Hall–Kier alpha value is -1.88. The number of aryl methyl sites for hydroxylation is 1. The zero-order chi connectivity index (χ0) is 11.4.